The fourth-order valence-electron chi connectivity index (χ4n) is 1.89. The molecule has 0 bridgehead atoms. The van der Waals surface area contributed by atoms with Gasteiger partial charge in [0.15, 0.2) is 0 Å². The number of carbonyl (C=O) groups excluding carboxylic acids is 1. The van der Waals surface area contributed by atoms with Gasteiger partial charge in [-0.05, 0) is 35.4 Å². The lowest BCUT2D eigenvalue weighted by atomic mass is 10.0. The number of hydrogen-bond acceptors (Lipinski definition) is 3. The third kappa shape index (κ3) is 1.87. The summed E-state index contributed by atoms with van der Waals surface area (Å²) in [5, 5.41) is 0. The van der Waals surface area contributed by atoms with Gasteiger partial charge in [-0.2, -0.15) is 0 Å². The summed E-state index contributed by atoms with van der Waals surface area (Å²) in [6.45, 7) is 0. The lowest BCUT2D eigenvalue weighted by Gasteiger charge is -2.03. The van der Waals surface area contributed by atoms with Gasteiger partial charge in [-0.3, -0.25) is 4.79 Å². The first kappa shape index (κ1) is 10.9. The Morgan fingerprint density at radius 3 is 2.78 bits per heavy atom. The molecule has 18 heavy (non-hydrogen) atoms. The maximum absolute atomic E-state index is 11.2. The summed E-state index contributed by atoms with van der Waals surface area (Å²) < 4.78 is 1.14. The van der Waals surface area contributed by atoms with Gasteiger partial charge in [0.25, 0.3) is 0 Å². The molecule has 3 aromatic rings. The van der Waals surface area contributed by atoms with E-state index in [0.717, 1.165) is 21.3 Å². The van der Waals surface area contributed by atoms with Crippen molar-refractivity contribution in [3.8, 4) is 11.1 Å². The maximum Gasteiger partial charge on any atom is 0.248 e. The monoisotopic (exact) mass is 254 g/mol. The first-order chi connectivity index (χ1) is 8.74. The van der Waals surface area contributed by atoms with Crippen LogP contribution in [0.3, 0.4) is 0 Å². The summed E-state index contributed by atoms with van der Waals surface area (Å²) in [6, 6.07) is 13.4. The van der Waals surface area contributed by atoms with Crippen molar-refractivity contribution in [2.45, 2.75) is 0 Å². The van der Waals surface area contributed by atoms with Gasteiger partial charge in [-0.15, -0.1) is 11.3 Å². The summed E-state index contributed by atoms with van der Waals surface area (Å²) in [6.07, 6.45) is 0. The second-order valence-electron chi connectivity index (χ2n) is 3.98. The van der Waals surface area contributed by atoms with Crippen LogP contribution in [0.25, 0.3) is 21.3 Å². The van der Waals surface area contributed by atoms with Gasteiger partial charge in [0, 0.05) is 5.56 Å². The Morgan fingerprint density at radius 1 is 1.11 bits per heavy atom. The topological polar surface area (TPSA) is 56.0 Å². The maximum atomic E-state index is 11.2. The predicted octanol–water partition coefficient (Wildman–Crippen LogP) is 3.06. The van der Waals surface area contributed by atoms with E-state index < -0.39 is 5.91 Å². The molecule has 3 nitrogen and oxygen atoms in total. The number of nitrogens with zero attached hydrogens (tertiary/aromatic N) is 1. The molecule has 0 spiro atoms. The SMILES string of the molecule is NC(=O)c1cccc(-c2ccc3ncsc3c2)c1. The molecule has 1 aromatic heterocycles. The van der Waals surface area contributed by atoms with Gasteiger partial charge >= 0.3 is 0 Å². The largest absolute Gasteiger partial charge is 0.366 e. The molecule has 0 saturated heterocycles. The molecule has 4 heteroatoms. The number of thiazole rings is 1. The second kappa shape index (κ2) is 4.23. The molecule has 0 fully saturated rings. The minimum Gasteiger partial charge on any atom is -0.366 e. The molecule has 0 radical (unpaired) electrons. The predicted molar refractivity (Wildman–Crippen MR) is 73.6 cm³/mol. The Kier molecular flexibility index (Phi) is 2.57. The quantitative estimate of drug-likeness (QED) is 0.764. The third-order valence-corrected chi connectivity index (χ3v) is 3.60. The Labute approximate surface area is 108 Å². The smallest absolute Gasteiger partial charge is 0.248 e. The molecular formula is C14H10N2OS. The first-order valence-electron chi connectivity index (χ1n) is 5.47. The first-order valence-corrected chi connectivity index (χ1v) is 6.35. The highest BCUT2D eigenvalue weighted by molar-refractivity contribution is 7.16. The fraction of sp³-hybridized carbons (Fsp3) is 0. The van der Waals surface area contributed by atoms with Crippen molar-refractivity contribution < 1.29 is 4.79 Å². The lowest BCUT2D eigenvalue weighted by molar-refractivity contribution is 0.100. The van der Waals surface area contributed by atoms with E-state index in [1.54, 1.807) is 17.4 Å². The molecule has 3 rings (SSSR count). The standard InChI is InChI=1S/C14H10N2OS/c15-14(17)11-3-1-2-9(6-11)10-4-5-12-13(7-10)18-8-16-12/h1-8H,(H2,15,17). The summed E-state index contributed by atoms with van der Waals surface area (Å²) in [5.74, 6) is -0.407. The van der Waals surface area contributed by atoms with Crippen molar-refractivity contribution in [2.24, 2.45) is 5.73 Å². The number of benzene rings is 2. The van der Waals surface area contributed by atoms with Gasteiger partial charge in [0.2, 0.25) is 5.91 Å². The molecule has 1 heterocycles. The Morgan fingerprint density at radius 2 is 1.94 bits per heavy atom. The highest BCUT2D eigenvalue weighted by Crippen LogP contribution is 2.26. The van der Waals surface area contributed by atoms with E-state index in [1.807, 2.05) is 35.8 Å². The zero-order chi connectivity index (χ0) is 12.5. The highest BCUT2D eigenvalue weighted by atomic mass is 32.1. The number of nitrogens with two attached hydrogens (primary N) is 1. The van der Waals surface area contributed by atoms with Crippen LogP contribution in [0.5, 0.6) is 0 Å². The van der Waals surface area contributed by atoms with Gasteiger partial charge < -0.3 is 5.73 Å². The van der Waals surface area contributed by atoms with Crippen LogP contribution >= 0.6 is 11.3 Å². The molecule has 88 valence electrons. The van der Waals surface area contributed by atoms with Crippen LogP contribution in [0.2, 0.25) is 0 Å². The van der Waals surface area contributed by atoms with Crippen molar-refractivity contribution in [3.05, 3.63) is 53.5 Å². The molecule has 0 aliphatic rings. The van der Waals surface area contributed by atoms with Crippen LogP contribution in [-0.2, 0) is 0 Å². The van der Waals surface area contributed by atoms with Crippen molar-refractivity contribution in [1.29, 1.82) is 0 Å². The van der Waals surface area contributed by atoms with Gasteiger partial charge in [-0.25, -0.2) is 4.98 Å². The van der Waals surface area contributed by atoms with Crippen LogP contribution in [0, 0.1) is 0 Å². The summed E-state index contributed by atoms with van der Waals surface area (Å²) in [7, 11) is 0. The number of aromatic nitrogens is 1. The van der Waals surface area contributed by atoms with Gasteiger partial charge in [0.1, 0.15) is 0 Å². The molecule has 0 saturated carbocycles. The van der Waals surface area contributed by atoms with Gasteiger partial charge in [0.05, 0.1) is 15.7 Å². The van der Waals surface area contributed by atoms with Crippen LogP contribution in [0.1, 0.15) is 10.4 Å². The van der Waals surface area contributed by atoms with Crippen molar-refractivity contribution in [1.82, 2.24) is 4.98 Å². The van der Waals surface area contributed by atoms with Crippen molar-refractivity contribution in [3.63, 3.8) is 0 Å². The van der Waals surface area contributed by atoms with Crippen molar-refractivity contribution >= 4 is 27.5 Å². The highest BCUT2D eigenvalue weighted by Gasteiger charge is 2.04. The van der Waals surface area contributed by atoms with E-state index in [9.17, 15) is 4.79 Å². The van der Waals surface area contributed by atoms with E-state index in [-0.39, 0.29) is 0 Å². The van der Waals surface area contributed by atoms with E-state index in [1.165, 1.54) is 0 Å². The minimum atomic E-state index is -0.407. The zero-order valence-electron chi connectivity index (χ0n) is 9.46. The Bertz CT molecular complexity index is 733. The van der Waals surface area contributed by atoms with Crippen LogP contribution < -0.4 is 5.73 Å². The van der Waals surface area contributed by atoms with E-state index >= 15 is 0 Å². The molecule has 2 N–H and O–H groups in total. The van der Waals surface area contributed by atoms with Gasteiger partial charge in [-0.1, -0.05) is 18.2 Å². The molecule has 1 amide bonds. The number of fused-ring (bicyclic) bond motifs is 1. The minimum absolute atomic E-state index is 0.407. The summed E-state index contributed by atoms with van der Waals surface area (Å²) >= 11 is 1.60. The molecule has 0 aliphatic carbocycles. The summed E-state index contributed by atoms with van der Waals surface area (Å²) in [4.78, 5) is 15.4. The van der Waals surface area contributed by atoms with Crippen LogP contribution in [-0.4, -0.2) is 10.9 Å². The van der Waals surface area contributed by atoms with Crippen LogP contribution in [0.15, 0.2) is 48.0 Å². The molecule has 0 atom stereocenters. The zero-order valence-corrected chi connectivity index (χ0v) is 10.3. The van der Waals surface area contributed by atoms with E-state index in [4.69, 9.17) is 5.73 Å². The fourth-order valence-corrected chi connectivity index (χ4v) is 2.60. The third-order valence-electron chi connectivity index (χ3n) is 2.81. The number of hydrogen-bond donors (Lipinski definition) is 1. The van der Waals surface area contributed by atoms with E-state index in [0.29, 0.717) is 5.56 Å². The van der Waals surface area contributed by atoms with Crippen molar-refractivity contribution in [2.75, 3.05) is 0 Å². The average molecular weight is 254 g/mol. The normalized spacial score (nSPS) is 10.7. The molecule has 0 aliphatic heterocycles. The van der Waals surface area contributed by atoms with Crippen LogP contribution in [0.4, 0.5) is 0 Å². The van der Waals surface area contributed by atoms with E-state index in [2.05, 4.69) is 11.1 Å². The number of primary amides is 1. The number of amides is 1. The second-order valence-corrected chi connectivity index (χ2v) is 4.87. The molecule has 2 aromatic carbocycles. The Balaban J connectivity index is 2.13. The molecular weight excluding hydrogens is 244 g/mol. The lowest BCUT2D eigenvalue weighted by Crippen LogP contribution is -2.10. The Hall–Kier alpha value is -2.20. The summed E-state index contributed by atoms with van der Waals surface area (Å²) in [5.41, 5.74) is 10.7. The average Bonchev–Trinajstić information content (AvgIpc) is 2.86. The number of carbonyl (C=O) groups is 1. The molecule has 0 unspecified atom stereocenters. The number of rotatable bonds is 2.